The van der Waals surface area contributed by atoms with Crippen molar-refractivity contribution in [3.63, 3.8) is 0 Å². The minimum absolute atomic E-state index is 0. The number of thioether (sulfide) groups is 1. The first kappa shape index (κ1) is 29.1. The minimum Gasteiger partial charge on any atom is -0.474 e. The summed E-state index contributed by atoms with van der Waals surface area (Å²) in [4.78, 5) is 26.2. The molecular weight excluding hydrogens is 500 g/mol. The topological polar surface area (TPSA) is 119 Å². The van der Waals surface area contributed by atoms with E-state index >= 15 is 0 Å². The third kappa shape index (κ3) is 7.10. The van der Waals surface area contributed by atoms with Crippen molar-refractivity contribution in [2.45, 2.75) is 77.2 Å². The standard InChI is InChI=1S/C26H42N4O4S.ClH/c1-15(2)13-35-23-22(24(32)29-21-18-8-16-7-17(10-18)11-19(21)9-16)34-30-25(23)33-14-26(3,4)12-20(31)28-6-5-27;/h15-19,21H,5-14,27H2,1-4H3,(H,28,31)(H,29,32);1H. The van der Waals surface area contributed by atoms with Crippen LogP contribution in [0.25, 0.3) is 0 Å². The maximum Gasteiger partial charge on any atom is 0.291 e. The molecule has 0 spiro atoms. The van der Waals surface area contributed by atoms with Crippen LogP contribution in [-0.4, -0.2) is 48.5 Å². The summed E-state index contributed by atoms with van der Waals surface area (Å²) >= 11 is 1.55. The number of carbonyl (C=O) groups excluding carboxylic acids is 2. The number of aromatic nitrogens is 1. The van der Waals surface area contributed by atoms with Gasteiger partial charge < -0.3 is 25.6 Å². The number of rotatable bonds is 12. The summed E-state index contributed by atoms with van der Waals surface area (Å²) < 4.78 is 11.6. The van der Waals surface area contributed by atoms with Crippen molar-refractivity contribution in [3.05, 3.63) is 5.76 Å². The van der Waals surface area contributed by atoms with Gasteiger partial charge in [0.25, 0.3) is 11.8 Å². The molecule has 0 unspecified atom stereocenters. The van der Waals surface area contributed by atoms with E-state index in [1.54, 1.807) is 11.8 Å². The Morgan fingerprint density at radius 1 is 1.17 bits per heavy atom. The Balaban J connectivity index is 0.00000361. The molecule has 0 aliphatic heterocycles. The highest BCUT2D eigenvalue weighted by Gasteiger charge is 2.49. The molecule has 0 atom stereocenters. The smallest absolute Gasteiger partial charge is 0.291 e. The molecule has 0 aromatic carbocycles. The predicted molar refractivity (Wildman–Crippen MR) is 144 cm³/mol. The van der Waals surface area contributed by atoms with Crippen LogP contribution in [0.3, 0.4) is 0 Å². The van der Waals surface area contributed by atoms with Crippen LogP contribution in [-0.2, 0) is 4.79 Å². The Hall–Kier alpha value is -1.45. The Bertz CT molecular complexity index is 879. The zero-order valence-corrected chi connectivity index (χ0v) is 23.6. The van der Waals surface area contributed by atoms with Gasteiger partial charge in [-0.3, -0.25) is 9.59 Å². The molecule has 8 nitrogen and oxygen atoms in total. The lowest BCUT2D eigenvalue weighted by Gasteiger charge is -2.54. The Labute approximate surface area is 225 Å². The lowest BCUT2D eigenvalue weighted by atomic mass is 9.54. The van der Waals surface area contributed by atoms with Crippen LogP contribution in [0.2, 0.25) is 0 Å². The fourth-order valence-electron chi connectivity index (χ4n) is 6.28. The minimum atomic E-state index is -0.416. The van der Waals surface area contributed by atoms with Gasteiger partial charge in [0.15, 0.2) is 0 Å². The van der Waals surface area contributed by atoms with Gasteiger partial charge in [0.2, 0.25) is 11.7 Å². The highest BCUT2D eigenvalue weighted by atomic mass is 35.5. The molecule has 4 saturated carbocycles. The molecule has 36 heavy (non-hydrogen) atoms. The molecule has 4 aliphatic rings. The van der Waals surface area contributed by atoms with E-state index in [0.29, 0.717) is 48.0 Å². The Morgan fingerprint density at radius 2 is 1.81 bits per heavy atom. The lowest BCUT2D eigenvalue weighted by molar-refractivity contribution is -0.123. The highest BCUT2D eigenvalue weighted by molar-refractivity contribution is 7.99. The molecular formula is C26H43ClN4O4S. The molecule has 5 rings (SSSR count). The lowest BCUT2D eigenvalue weighted by Crippen LogP contribution is -2.55. The molecule has 0 radical (unpaired) electrons. The second-order valence-electron chi connectivity index (χ2n) is 12.0. The molecule has 204 valence electrons. The van der Waals surface area contributed by atoms with Gasteiger partial charge in [-0.1, -0.05) is 27.7 Å². The Kier molecular flexibility index (Phi) is 10.0. The van der Waals surface area contributed by atoms with E-state index in [-0.39, 0.29) is 42.6 Å². The van der Waals surface area contributed by atoms with Crippen LogP contribution >= 0.6 is 24.2 Å². The molecule has 0 saturated heterocycles. The zero-order valence-electron chi connectivity index (χ0n) is 22.0. The van der Waals surface area contributed by atoms with E-state index in [2.05, 4.69) is 29.6 Å². The van der Waals surface area contributed by atoms with E-state index in [9.17, 15) is 9.59 Å². The summed E-state index contributed by atoms with van der Waals surface area (Å²) in [6.07, 6.45) is 6.66. The maximum atomic E-state index is 13.4. The summed E-state index contributed by atoms with van der Waals surface area (Å²) in [6, 6.07) is 0.235. The van der Waals surface area contributed by atoms with Gasteiger partial charge in [0.05, 0.1) is 6.61 Å². The maximum absolute atomic E-state index is 13.4. The number of nitrogens with one attached hydrogen (secondary N) is 2. The normalized spacial score (nSPS) is 26.6. The first-order valence-corrected chi connectivity index (χ1v) is 14.2. The number of hydrogen-bond donors (Lipinski definition) is 3. The fraction of sp³-hybridized carbons (Fsp3) is 0.808. The van der Waals surface area contributed by atoms with Gasteiger partial charge in [-0.25, -0.2) is 0 Å². The number of nitrogens with zero attached hydrogens (tertiary/aromatic N) is 1. The van der Waals surface area contributed by atoms with Crippen molar-refractivity contribution >= 4 is 36.0 Å². The average molecular weight is 543 g/mol. The number of nitrogens with two attached hydrogens (primary N) is 1. The van der Waals surface area contributed by atoms with E-state index in [0.717, 1.165) is 17.6 Å². The number of hydrogen-bond acceptors (Lipinski definition) is 7. The third-order valence-corrected chi connectivity index (χ3v) is 9.10. The van der Waals surface area contributed by atoms with Crippen molar-refractivity contribution < 1.29 is 18.8 Å². The van der Waals surface area contributed by atoms with Crippen LogP contribution in [0.1, 0.15) is 76.8 Å². The molecule has 1 aromatic heterocycles. The first-order chi connectivity index (χ1) is 16.6. The molecule has 4 bridgehead atoms. The summed E-state index contributed by atoms with van der Waals surface area (Å²) in [6.45, 7) is 9.36. The van der Waals surface area contributed by atoms with Crippen LogP contribution < -0.4 is 21.1 Å². The number of carbonyl (C=O) groups is 2. The van der Waals surface area contributed by atoms with E-state index in [1.165, 1.54) is 32.1 Å². The average Bonchev–Trinajstić information content (AvgIpc) is 3.19. The van der Waals surface area contributed by atoms with Gasteiger partial charge >= 0.3 is 0 Å². The third-order valence-electron chi connectivity index (χ3n) is 7.62. The summed E-state index contributed by atoms with van der Waals surface area (Å²) in [7, 11) is 0. The molecule has 2 amide bonds. The van der Waals surface area contributed by atoms with Crippen molar-refractivity contribution in [2.24, 2.45) is 40.7 Å². The number of ether oxygens (including phenoxy) is 1. The summed E-state index contributed by atoms with van der Waals surface area (Å²) in [5.41, 5.74) is 5.05. The van der Waals surface area contributed by atoms with Crippen molar-refractivity contribution in [3.8, 4) is 5.88 Å². The van der Waals surface area contributed by atoms with Crippen LogP contribution in [0.15, 0.2) is 9.42 Å². The predicted octanol–water partition coefficient (Wildman–Crippen LogP) is 4.27. The van der Waals surface area contributed by atoms with Crippen molar-refractivity contribution in [1.82, 2.24) is 15.8 Å². The van der Waals surface area contributed by atoms with Gasteiger partial charge in [-0.15, -0.1) is 24.2 Å². The van der Waals surface area contributed by atoms with E-state index in [4.69, 9.17) is 15.0 Å². The largest absolute Gasteiger partial charge is 0.474 e. The number of amides is 2. The van der Waals surface area contributed by atoms with Gasteiger partial charge in [-0.05, 0) is 66.9 Å². The molecule has 4 N–H and O–H groups in total. The van der Waals surface area contributed by atoms with Crippen LogP contribution in [0.4, 0.5) is 0 Å². The summed E-state index contributed by atoms with van der Waals surface area (Å²) in [5.74, 6) is 4.48. The van der Waals surface area contributed by atoms with Gasteiger partial charge in [-0.2, -0.15) is 0 Å². The molecule has 1 aromatic rings. The Morgan fingerprint density at radius 3 is 2.39 bits per heavy atom. The van der Waals surface area contributed by atoms with Crippen molar-refractivity contribution in [2.75, 3.05) is 25.4 Å². The second kappa shape index (κ2) is 12.4. The SMILES string of the molecule is CC(C)CSc1c(OCC(C)(C)CC(=O)NCCN)noc1C(=O)NC1C2CC3CC(C2)CC1C3.Cl. The molecule has 10 heteroatoms. The quantitative estimate of drug-likeness (QED) is 0.337. The van der Waals surface area contributed by atoms with E-state index in [1.807, 2.05) is 13.8 Å². The van der Waals surface area contributed by atoms with Gasteiger partial charge in [0.1, 0.15) is 4.90 Å². The van der Waals surface area contributed by atoms with Crippen LogP contribution in [0.5, 0.6) is 5.88 Å². The van der Waals surface area contributed by atoms with E-state index < -0.39 is 5.41 Å². The zero-order chi connectivity index (χ0) is 25.2. The second-order valence-corrected chi connectivity index (χ2v) is 13.1. The van der Waals surface area contributed by atoms with Crippen molar-refractivity contribution in [1.29, 1.82) is 0 Å². The summed E-state index contributed by atoms with van der Waals surface area (Å²) in [5, 5.41) is 10.3. The fourth-order valence-corrected chi connectivity index (χ4v) is 7.26. The monoisotopic (exact) mass is 542 g/mol. The highest BCUT2D eigenvalue weighted by Crippen LogP contribution is 2.53. The molecule has 4 aliphatic carbocycles. The number of halogens is 1. The first-order valence-electron chi connectivity index (χ1n) is 13.2. The molecule has 1 heterocycles. The molecule has 4 fully saturated rings. The van der Waals surface area contributed by atoms with Crippen LogP contribution in [0, 0.1) is 35.0 Å². The van der Waals surface area contributed by atoms with Gasteiger partial charge in [0, 0.05) is 36.7 Å².